The molecule has 0 radical (unpaired) electrons. The van der Waals surface area contributed by atoms with Crippen molar-refractivity contribution < 1.29 is 23.7 Å². The maximum absolute atomic E-state index is 12.8. The Morgan fingerprint density at radius 2 is 1.79 bits per heavy atom. The number of aliphatic hydroxyl groups excluding tert-OH is 1. The summed E-state index contributed by atoms with van der Waals surface area (Å²) in [4.78, 5) is 11.8. The monoisotopic (exact) mass is 407 g/mol. The minimum atomic E-state index is -0.659. The Kier molecular flexibility index (Phi) is 8.60. The molecule has 0 spiro atoms. The van der Waals surface area contributed by atoms with Gasteiger partial charge in [0.05, 0.1) is 13.2 Å². The SMILES string of the molecule is O=C(/C=C/c1ccc(F)cc1)OCC[N@@+]([O-])(CCO)CCc1ccc(Cl)cc1. The van der Waals surface area contributed by atoms with Gasteiger partial charge in [0.15, 0.2) is 0 Å². The molecule has 1 N–H and O–H groups in total. The summed E-state index contributed by atoms with van der Waals surface area (Å²) < 4.78 is 17.3. The van der Waals surface area contributed by atoms with Crippen LogP contribution in [0, 0.1) is 11.0 Å². The molecule has 0 heterocycles. The van der Waals surface area contributed by atoms with Crippen LogP contribution in [0.4, 0.5) is 4.39 Å². The predicted molar refractivity (Wildman–Crippen MR) is 107 cm³/mol. The van der Waals surface area contributed by atoms with Gasteiger partial charge in [-0.25, -0.2) is 9.18 Å². The molecule has 7 heteroatoms. The second-order valence-corrected chi connectivity index (χ2v) is 6.82. The number of benzene rings is 2. The number of hydroxylamine groups is 3. The normalized spacial score (nSPS) is 13.4. The molecule has 28 heavy (non-hydrogen) atoms. The van der Waals surface area contributed by atoms with Crippen LogP contribution in [0.5, 0.6) is 0 Å². The van der Waals surface area contributed by atoms with Crippen molar-refractivity contribution in [3.63, 3.8) is 0 Å². The Bertz CT molecular complexity index is 780. The zero-order valence-corrected chi connectivity index (χ0v) is 16.1. The molecule has 2 aromatic rings. The van der Waals surface area contributed by atoms with Crippen LogP contribution in [-0.2, 0) is 16.0 Å². The lowest BCUT2D eigenvalue weighted by Crippen LogP contribution is -2.48. The van der Waals surface area contributed by atoms with E-state index in [0.717, 1.165) is 5.56 Å². The molecule has 0 saturated heterocycles. The Labute approximate surface area is 168 Å². The third-order valence-electron chi connectivity index (χ3n) is 4.25. The lowest BCUT2D eigenvalue weighted by atomic mass is 10.1. The van der Waals surface area contributed by atoms with E-state index in [2.05, 4.69) is 0 Å². The third kappa shape index (κ3) is 7.78. The van der Waals surface area contributed by atoms with E-state index in [1.807, 2.05) is 12.1 Å². The first kappa shape index (κ1) is 22.0. The van der Waals surface area contributed by atoms with Crippen LogP contribution in [0.25, 0.3) is 6.08 Å². The van der Waals surface area contributed by atoms with Crippen LogP contribution >= 0.6 is 11.6 Å². The van der Waals surface area contributed by atoms with Gasteiger partial charge in [-0.05, 0) is 41.5 Å². The van der Waals surface area contributed by atoms with E-state index < -0.39 is 10.6 Å². The van der Waals surface area contributed by atoms with E-state index in [1.54, 1.807) is 12.1 Å². The van der Waals surface area contributed by atoms with Crippen molar-refractivity contribution in [2.24, 2.45) is 0 Å². The van der Waals surface area contributed by atoms with Gasteiger partial charge in [0.2, 0.25) is 0 Å². The molecule has 0 unspecified atom stereocenters. The van der Waals surface area contributed by atoms with E-state index in [9.17, 15) is 19.5 Å². The van der Waals surface area contributed by atoms with Gasteiger partial charge in [0.25, 0.3) is 0 Å². The van der Waals surface area contributed by atoms with Gasteiger partial charge in [-0.2, -0.15) is 0 Å². The zero-order valence-electron chi connectivity index (χ0n) is 15.4. The van der Waals surface area contributed by atoms with Crippen molar-refractivity contribution in [3.8, 4) is 0 Å². The summed E-state index contributed by atoms with van der Waals surface area (Å²) >= 11 is 5.85. The van der Waals surface area contributed by atoms with Crippen LogP contribution < -0.4 is 0 Å². The van der Waals surface area contributed by atoms with Gasteiger partial charge in [-0.1, -0.05) is 35.9 Å². The highest BCUT2D eigenvalue weighted by molar-refractivity contribution is 6.30. The number of ether oxygens (including phenoxy) is 1. The third-order valence-corrected chi connectivity index (χ3v) is 4.51. The molecule has 5 nitrogen and oxygen atoms in total. The fourth-order valence-corrected chi connectivity index (χ4v) is 2.73. The average Bonchev–Trinajstić information content (AvgIpc) is 2.67. The highest BCUT2D eigenvalue weighted by Gasteiger charge is 2.17. The number of quaternary nitrogens is 1. The molecular formula is C21H23ClFNO4. The number of aliphatic hydroxyl groups is 1. The van der Waals surface area contributed by atoms with E-state index >= 15 is 0 Å². The molecule has 2 rings (SSSR count). The second-order valence-electron chi connectivity index (χ2n) is 6.38. The van der Waals surface area contributed by atoms with Crippen molar-refractivity contribution in [1.82, 2.24) is 0 Å². The van der Waals surface area contributed by atoms with Crippen molar-refractivity contribution in [3.05, 3.63) is 81.8 Å². The second kappa shape index (κ2) is 10.9. The van der Waals surface area contributed by atoms with Crippen LogP contribution in [0.3, 0.4) is 0 Å². The maximum atomic E-state index is 12.8. The summed E-state index contributed by atoms with van der Waals surface area (Å²) in [6.45, 7) is 0.0191. The summed E-state index contributed by atoms with van der Waals surface area (Å²) in [5, 5.41) is 22.7. The quantitative estimate of drug-likeness (QED) is 0.283. The number of esters is 1. The van der Waals surface area contributed by atoms with Crippen molar-refractivity contribution in [1.29, 1.82) is 0 Å². The fourth-order valence-electron chi connectivity index (χ4n) is 2.60. The van der Waals surface area contributed by atoms with Crippen molar-refractivity contribution in [2.75, 3.05) is 32.8 Å². The van der Waals surface area contributed by atoms with E-state index in [1.165, 1.54) is 36.4 Å². The lowest BCUT2D eigenvalue weighted by Gasteiger charge is -2.42. The minimum absolute atomic E-state index is 0.0244. The highest BCUT2D eigenvalue weighted by Crippen LogP contribution is 2.13. The molecule has 0 aliphatic carbocycles. The van der Waals surface area contributed by atoms with E-state index in [-0.39, 0.29) is 38.7 Å². The molecule has 1 atom stereocenters. The van der Waals surface area contributed by atoms with Crippen LogP contribution in [0.1, 0.15) is 11.1 Å². The number of hydrogen-bond acceptors (Lipinski definition) is 4. The van der Waals surface area contributed by atoms with Gasteiger partial charge < -0.3 is 19.7 Å². The summed E-state index contributed by atoms with van der Waals surface area (Å²) in [5.41, 5.74) is 1.63. The molecule has 2 aromatic carbocycles. The minimum Gasteiger partial charge on any atom is -0.633 e. The lowest BCUT2D eigenvalue weighted by molar-refractivity contribution is -0.881. The standard InChI is InChI=1S/C21H23ClFNO4/c22-19-6-1-18(2-7-19)11-12-24(27,13-15-25)14-16-28-21(26)10-5-17-3-8-20(23)9-4-17/h1-10,25H,11-16H2/b10-5+/t24-/m0/s1. The Morgan fingerprint density at radius 3 is 2.43 bits per heavy atom. The summed E-state index contributed by atoms with van der Waals surface area (Å²) in [7, 11) is 0. The average molecular weight is 408 g/mol. The number of nitrogens with zero attached hydrogens (tertiary/aromatic N) is 1. The summed E-state index contributed by atoms with van der Waals surface area (Å²) in [6, 6.07) is 12.9. The largest absolute Gasteiger partial charge is 0.633 e. The Hall–Kier alpha value is -2.25. The number of carbonyl (C=O) groups is 1. The van der Waals surface area contributed by atoms with Gasteiger partial charge in [0, 0.05) is 17.5 Å². The highest BCUT2D eigenvalue weighted by atomic mass is 35.5. The van der Waals surface area contributed by atoms with E-state index in [0.29, 0.717) is 17.0 Å². The van der Waals surface area contributed by atoms with Gasteiger partial charge in [-0.3, -0.25) is 0 Å². The zero-order chi connectivity index (χ0) is 20.4. The molecule has 0 amide bonds. The van der Waals surface area contributed by atoms with Crippen LogP contribution in [0.15, 0.2) is 54.6 Å². The van der Waals surface area contributed by atoms with E-state index in [4.69, 9.17) is 16.3 Å². The summed E-state index contributed by atoms with van der Waals surface area (Å²) in [6.07, 6.45) is 3.26. The molecule has 0 fully saturated rings. The summed E-state index contributed by atoms with van der Waals surface area (Å²) in [5.74, 6) is -0.940. The van der Waals surface area contributed by atoms with Crippen LogP contribution in [-0.4, -0.2) is 48.6 Å². The Morgan fingerprint density at radius 1 is 1.11 bits per heavy atom. The molecule has 0 aromatic heterocycles. The van der Waals surface area contributed by atoms with Gasteiger partial charge >= 0.3 is 5.97 Å². The predicted octanol–water partition coefficient (Wildman–Crippen LogP) is 3.59. The van der Waals surface area contributed by atoms with Crippen molar-refractivity contribution in [2.45, 2.75) is 6.42 Å². The first-order chi connectivity index (χ1) is 13.4. The molecule has 0 saturated carbocycles. The number of carbonyl (C=O) groups excluding carboxylic acids is 1. The first-order valence-electron chi connectivity index (χ1n) is 8.93. The molecular weight excluding hydrogens is 385 g/mol. The van der Waals surface area contributed by atoms with Gasteiger partial charge in [0.1, 0.15) is 25.5 Å². The first-order valence-corrected chi connectivity index (χ1v) is 9.31. The number of rotatable bonds is 10. The molecule has 0 aliphatic heterocycles. The Balaban J connectivity index is 1.81. The van der Waals surface area contributed by atoms with Crippen molar-refractivity contribution >= 4 is 23.6 Å². The smallest absolute Gasteiger partial charge is 0.330 e. The maximum Gasteiger partial charge on any atom is 0.330 e. The number of halogens is 2. The fraction of sp³-hybridized carbons (Fsp3) is 0.286. The number of hydrogen-bond donors (Lipinski definition) is 1. The van der Waals surface area contributed by atoms with Gasteiger partial charge in [-0.15, -0.1) is 0 Å². The molecule has 0 bridgehead atoms. The molecule has 150 valence electrons. The topological polar surface area (TPSA) is 69.6 Å². The van der Waals surface area contributed by atoms with Crippen LogP contribution in [0.2, 0.25) is 5.02 Å². The molecule has 0 aliphatic rings.